The second-order valence-corrected chi connectivity index (χ2v) is 11.0. The van der Waals surface area contributed by atoms with Gasteiger partial charge in [-0.25, -0.2) is 18.6 Å². The van der Waals surface area contributed by atoms with Gasteiger partial charge in [-0.2, -0.15) is 18.3 Å². The molecule has 0 aliphatic carbocycles. The average Bonchev–Trinajstić information content (AvgIpc) is 3.45. The zero-order valence-corrected chi connectivity index (χ0v) is 23.9. The van der Waals surface area contributed by atoms with E-state index in [0.29, 0.717) is 27.3 Å². The maximum atomic E-state index is 13.5. The predicted octanol–water partition coefficient (Wildman–Crippen LogP) is 6.14. The van der Waals surface area contributed by atoms with Gasteiger partial charge in [0.1, 0.15) is 18.1 Å². The summed E-state index contributed by atoms with van der Waals surface area (Å²) in [5.41, 5.74) is 1.49. The van der Waals surface area contributed by atoms with E-state index >= 15 is 0 Å². The van der Waals surface area contributed by atoms with E-state index in [2.05, 4.69) is 10.5 Å². The van der Waals surface area contributed by atoms with Crippen molar-refractivity contribution in [2.45, 2.75) is 18.0 Å². The predicted molar refractivity (Wildman–Crippen MR) is 153 cm³/mol. The Morgan fingerprint density at radius 1 is 1.02 bits per heavy atom. The largest absolute Gasteiger partial charge is 0.462 e. The number of ether oxygens (including phenoxy) is 1. The van der Waals surface area contributed by atoms with Gasteiger partial charge in [-0.1, -0.05) is 41.9 Å². The Hall–Kier alpha value is -4.62. The Labute approximate surface area is 249 Å². The van der Waals surface area contributed by atoms with Gasteiger partial charge in [-0.05, 0) is 61.5 Å². The number of nitrogens with zero attached hydrogens (tertiary/aromatic N) is 2. The van der Waals surface area contributed by atoms with Crippen molar-refractivity contribution >= 4 is 45.4 Å². The molecule has 0 spiro atoms. The lowest BCUT2D eigenvalue weighted by molar-refractivity contribution is -0.137. The molecule has 4 aromatic rings. The fourth-order valence-electron chi connectivity index (χ4n) is 3.82. The molecule has 1 aromatic heterocycles. The first-order chi connectivity index (χ1) is 20.4. The highest BCUT2D eigenvalue weighted by Gasteiger charge is 2.35. The van der Waals surface area contributed by atoms with Crippen LogP contribution in [0.5, 0.6) is 0 Å². The number of carbonyl (C=O) groups is 2. The molecule has 0 aliphatic heterocycles. The Balaban J connectivity index is 1.51. The monoisotopic (exact) mass is 633 g/mol. The number of esters is 1. The second-order valence-electron chi connectivity index (χ2n) is 8.78. The van der Waals surface area contributed by atoms with E-state index in [4.69, 9.17) is 20.8 Å². The summed E-state index contributed by atoms with van der Waals surface area (Å²) in [5.74, 6) is -0.734. The number of benzene rings is 3. The molecule has 0 saturated carbocycles. The van der Waals surface area contributed by atoms with Crippen LogP contribution < -0.4 is 9.73 Å². The van der Waals surface area contributed by atoms with E-state index in [-0.39, 0.29) is 17.3 Å². The minimum atomic E-state index is -4.87. The van der Waals surface area contributed by atoms with Gasteiger partial charge in [0.25, 0.3) is 15.9 Å². The average molecular weight is 634 g/mol. The molecular weight excluding hydrogens is 611 g/mol. The Kier molecular flexibility index (Phi) is 9.56. The number of nitrogens with one attached hydrogen (secondary N) is 1. The topological polar surface area (TPSA) is 118 Å². The highest BCUT2D eigenvalue weighted by Crippen LogP contribution is 2.38. The van der Waals surface area contributed by atoms with Crippen molar-refractivity contribution in [2.24, 2.45) is 5.10 Å². The van der Waals surface area contributed by atoms with Crippen molar-refractivity contribution in [3.8, 4) is 11.3 Å². The highest BCUT2D eigenvalue weighted by atomic mass is 35.5. The quantitative estimate of drug-likeness (QED) is 0.127. The van der Waals surface area contributed by atoms with Crippen molar-refractivity contribution in [3.63, 3.8) is 0 Å². The zero-order chi connectivity index (χ0) is 31.2. The summed E-state index contributed by atoms with van der Waals surface area (Å²) < 4.78 is 78.5. The number of anilines is 1. The molecule has 0 atom stereocenters. The van der Waals surface area contributed by atoms with Crippen LogP contribution in [-0.4, -0.2) is 39.7 Å². The fraction of sp³-hybridized carbons (Fsp3) is 0.138. The molecule has 9 nitrogen and oxygen atoms in total. The van der Waals surface area contributed by atoms with E-state index in [9.17, 15) is 31.2 Å². The summed E-state index contributed by atoms with van der Waals surface area (Å²) >= 11 is 5.71. The molecule has 0 bridgehead atoms. The summed E-state index contributed by atoms with van der Waals surface area (Å²) in [6, 6.07) is 19.1. The number of rotatable bonds is 10. The van der Waals surface area contributed by atoms with E-state index in [1.807, 2.05) is 0 Å². The Bertz CT molecular complexity index is 1740. The number of hydrogen-bond donors (Lipinski definition) is 1. The van der Waals surface area contributed by atoms with Crippen LogP contribution in [0.25, 0.3) is 11.3 Å². The van der Waals surface area contributed by atoms with Crippen molar-refractivity contribution in [1.29, 1.82) is 0 Å². The first-order valence-electron chi connectivity index (χ1n) is 12.5. The second kappa shape index (κ2) is 13.1. The van der Waals surface area contributed by atoms with Crippen LogP contribution >= 0.6 is 11.6 Å². The summed E-state index contributed by atoms with van der Waals surface area (Å²) in [5, 5.41) is 3.15. The molecule has 1 N–H and O–H groups in total. The molecular formula is C29H23ClF3N3O6S. The number of furan rings is 1. The van der Waals surface area contributed by atoms with Gasteiger partial charge < -0.3 is 9.15 Å². The molecule has 0 fully saturated rings. The van der Waals surface area contributed by atoms with Crippen LogP contribution in [0.15, 0.2) is 99.3 Å². The summed E-state index contributed by atoms with van der Waals surface area (Å²) in [6.45, 7) is 1.05. The van der Waals surface area contributed by atoms with Crippen LogP contribution in [0, 0.1) is 0 Å². The SMILES string of the molecule is CCOC(=O)c1ccc(-c2ccc(/C=N\NC(=O)CN(c3ccc(Cl)c(C(F)(F)F)c3)S(=O)(=O)c3ccccc3)o2)cc1. The minimum absolute atomic E-state index is 0.228. The number of alkyl halides is 3. The number of amides is 1. The van der Waals surface area contributed by atoms with Gasteiger partial charge in [-0.15, -0.1) is 0 Å². The molecule has 1 amide bonds. The number of hydrazone groups is 1. The number of halogens is 4. The lowest BCUT2D eigenvalue weighted by Gasteiger charge is -2.24. The first-order valence-corrected chi connectivity index (χ1v) is 14.4. The third-order valence-corrected chi connectivity index (χ3v) is 7.97. The lowest BCUT2D eigenvalue weighted by atomic mass is 10.1. The van der Waals surface area contributed by atoms with Crippen molar-refractivity contribution < 1.29 is 40.3 Å². The van der Waals surface area contributed by atoms with Crippen LogP contribution in [0.4, 0.5) is 18.9 Å². The molecule has 224 valence electrons. The van der Waals surface area contributed by atoms with E-state index in [1.54, 1.807) is 49.4 Å². The zero-order valence-electron chi connectivity index (χ0n) is 22.3. The number of hydrogen-bond acceptors (Lipinski definition) is 7. The Morgan fingerprint density at radius 2 is 1.72 bits per heavy atom. The van der Waals surface area contributed by atoms with Crippen LogP contribution in [0.3, 0.4) is 0 Å². The van der Waals surface area contributed by atoms with Gasteiger partial charge in [0.15, 0.2) is 0 Å². The van der Waals surface area contributed by atoms with Crippen LogP contribution in [0.1, 0.15) is 28.6 Å². The maximum absolute atomic E-state index is 13.5. The molecule has 0 aliphatic rings. The highest BCUT2D eigenvalue weighted by molar-refractivity contribution is 7.92. The molecule has 43 heavy (non-hydrogen) atoms. The van der Waals surface area contributed by atoms with E-state index in [0.717, 1.165) is 18.3 Å². The van der Waals surface area contributed by atoms with Gasteiger partial charge in [0.2, 0.25) is 0 Å². The van der Waals surface area contributed by atoms with E-state index in [1.165, 1.54) is 24.3 Å². The van der Waals surface area contributed by atoms with Gasteiger partial charge >= 0.3 is 12.1 Å². The maximum Gasteiger partial charge on any atom is 0.417 e. The normalized spacial score (nSPS) is 11.8. The number of carbonyl (C=O) groups excluding carboxylic acids is 2. The lowest BCUT2D eigenvalue weighted by Crippen LogP contribution is -2.39. The Morgan fingerprint density at radius 3 is 2.37 bits per heavy atom. The van der Waals surface area contributed by atoms with Crippen LogP contribution in [0.2, 0.25) is 5.02 Å². The molecule has 0 saturated heterocycles. The standard InChI is InChI=1S/C29H23ClF3N3O6S/c1-2-41-28(38)20-10-8-19(9-11-20)26-15-13-22(42-26)17-34-35-27(37)18-36(43(39,40)23-6-4-3-5-7-23)21-12-14-25(30)24(16-21)29(31,32)33/h3-17H,2,18H2,1H3,(H,35,37)/b34-17-. The van der Waals surface area contributed by atoms with Crippen molar-refractivity contribution in [1.82, 2.24) is 5.43 Å². The molecule has 0 radical (unpaired) electrons. The van der Waals surface area contributed by atoms with Gasteiger partial charge in [0, 0.05) is 5.56 Å². The fourth-order valence-corrected chi connectivity index (χ4v) is 5.47. The molecule has 4 rings (SSSR count). The third-order valence-electron chi connectivity index (χ3n) is 5.85. The third kappa shape index (κ3) is 7.62. The first kappa shape index (κ1) is 31.3. The smallest absolute Gasteiger partial charge is 0.417 e. The summed E-state index contributed by atoms with van der Waals surface area (Å²) in [7, 11) is -4.48. The van der Waals surface area contributed by atoms with Crippen molar-refractivity contribution in [3.05, 3.63) is 107 Å². The number of sulfonamides is 1. The minimum Gasteiger partial charge on any atom is -0.462 e. The molecule has 1 heterocycles. The van der Waals surface area contributed by atoms with Gasteiger partial charge in [0.05, 0.1) is 39.6 Å². The van der Waals surface area contributed by atoms with Gasteiger partial charge in [-0.3, -0.25) is 9.10 Å². The molecule has 0 unspecified atom stereocenters. The molecule has 3 aromatic carbocycles. The van der Waals surface area contributed by atoms with Crippen molar-refractivity contribution in [2.75, 3.05) is 17.5 Å². The van der Waals surface area contributed by atoms with Crippen LogP contribution in [-0.2, 0) is 25.7 Å². The molecule has 14 heteroatoms. The summed E-state index contributed by atoms with van der Waals surface area (Å²) in [6.07, 6.45) is -3.71. The van der Waals surface area contributed by atoms with E-state index < -0.39 is 50.9 Å². The summed E-state index contributed by atoms with van der Waals surface area (Å²) in [4.78, 5) is 24.3.